The highest BCUT2D eigenvalue weighted by Gasteiger charge is 2.55. The molecule has 0 spiro atoms. The Balaban J connectivity index is 1.20. The van der Waals surface area contributed by atoms with Crippen LogP contribution in [0.1, 0.15) is 29.6 Å². The van der Waals surface area contributed by atoms with Crippen LogP contribution in [0, 0.1) is 23.5 Å². The summed E-state index contributed by atoms with van der Waals surface area (Å²) in [7, 11) is 1.74. The lowest BCUT2D eigenvalue weighted by Crippen LogP contribution is -2.22. The lowest BCUT2D eigenvalue weighted by atomic mass is 10.0. The molecule has 0 saturated heterocycles. The summed E-state index contributed by atoms with van der Waals surface area (Å²) in [6.07, 6.45) is 5.81. The zero-order valence-corrected chi connectivity index (χ0v) is 16.4. The van der Waals surface area contributed by atoms with Crippen molar-refractivity contribution in [2.45, 2.75) is 18.9 Å². The highest BCUT2D eigenvalue weighted by atomic mass is 19.2. The SMILES string of the molecule is Cn1cnc2ncn(Cc3nc(C4C5C=C(c6ccc(F)c(F)c6)CC54)no3)c(=O)c21. The largest absolute Gasteiger partial charge is 0.337 e. The van der Waals surface area contributed by atoms with Crippen LogP contribution < -0.4 is 5.56 Å². The molecule has 3 heterocycles. The minimum absolute atomic E-state index is 0.123. The van der Waals surface area contributed by atoms with Crippen molar-refractivity contribution >= 4 is 16.7 Å². The summed E-state index contributed by atoms with van der Waals surface area (Å²) in [5.41, 5.74) is 2.29. The number of allylic oxidation sites excluding steroid dienone is 2. The third kappa shape index (κ3) is 2.82. The number of imidazole rings is 1. The fourth-order valence-corrected chi connectivity index (χ4v) is 4.52. The maximum Gasteiger partial charge on any atom is 0.280 e. The molecule has 2 aliphatic carbocycles. The Hall–Kier alpha value is -3.69. The second kappa shape index (κ2) is 6.40. The lowest BCUT2D eigenvalue weighted by Gasteiger charge is -2.06. The molecule has 10 heteroatoms. The predicted octanol–water partition coefficient (Wildman–Crippen LogP) is 2.66. The molecule has 1 saturated carbocycles. The van der Waals surface area contributed by atoms with E-state index in [1.807, 2.05) is 0 Å². The van der Waals surface area contributed by atoms with Gasteiger partial charge in [0.15, 0.2) is 28.6 Å². The number of hydrogen-bond donors (Lipinski definition) is 0. The molecule has 1 aromatic carbocycles. The number of benzene rings is 1. The molecule has 156 valence electrons. The summed E-state index contributed by atoms with van der Waals surface area (Å²) in [4.78, 5) is 25.4. The molecule has 0 radical (unpaired) electrons. The second-order valence-electron chi connectivity index (χ2n) is 8.04. The van der Waals surface area contributed by atoms with E-state index in [9.17, 15) is 13.6 Å². The minimum Gasteiger partial charge on any atom is -0.337 e. The Bertz CT molecular complexity index is 1440. The third-order valence-electron chi connectivity index (χ3n) is 6.16. The van der Waals surface area contributed by atoms with E-state index in [2.05, 4.69) is 26.2 Å². The average Bonchev–Trinajstić information content (AvgIpc) is 3.18. The smallest absolute Gasteiger partial charge is 0.280 e. The molecule has 3 unspecified atom stereocenters. The van der Waals surface area contributed by atoms with E-state index < -0.39 is 11.6 Å². The Morgan fingerprint density at radius 2 is 2.03 bits per heavy atom. The summed E-state index contributed by atoms with van der Waals surface area (Å²) in [5.74, 6) is -0.0363. The van der Waals surface area contributed by atoms with Gasteiger partial charge in [-0.2, -0.15) is 4.98 Å². The number of halogens is 2. The van der Waals surface area contributed by atoms with Crippen LogP contribution in [-0.2, 0) is 13.6 Å². The highest BCUT2D eigenvalue weighted by Crippen LogP contribution is 2.62. The molecule has 8 nitrogen and oxygen atoms in total. The van der Waals surface area contributed by atoms with Gasteiger partial charge >= 0.3 is 0 Å². The van der Waals surface area contributed by atoms with Crippen LogP contribution >= 0.6 is 0 Å². The standard InChI is InChI=1S/C21H16F2N6O2/c1-28-8-24-20-18(28)21(30)29(9-25-20)7-16-26-19(27-31-16)17-12-4-11(5-13(12)17)10-2-3-14(22)15(23)6-10/h2-4,6,8-9,12-13,17H,5,7H2,1H3. The molecule has 6 rings (SSSR count). The molecular weight excluding hydrogens is 406 g/mol. The fraction of sp³-hybridized carbons (Fsp3) is 0.286. The zero-order valence-electron chi connectivity index (χ0n) is 16.4. The van der Waals surface area contributed by atoms with Gasteiger partial charge in [-0.15, -0.1) is 0 Å². The van der Waals surface area contributed by atoms with Crippen LogP contribution in [0.3, 0.4) is 0 Å². The zero-order chi connectivity index (χ0) is 21.3. The minimum atomic E-state index is -0.846. The van der Waals surface area contributed by atoms with E-state index in [-0.39, 0.29) is 23.9 Å². The summed E-state index contributed by atoms with van der Waals surface area (Å²) in [6, 6.07) is 3.98. The van der Waals surface area contributed by atoms with Crippen molar-refractivity contribution in [3.8, 4) is 0 Å². The first kappa shape index (κ1) is 18.1. The van der Waals surface area contributed by atoms with Gasteiger partial charge in [0.2, 0.25) is 5.89 Å². The number of aryl methyl sites for hydroxylation is 1. The van der Waals surface area contributed by atoms with Crippen molar-refractivity contribution in [2.24, 2.45) is 18.9 Å². The molecule has 0 amide bonds. The normalized spacial score (nSPS) is 22.0. The molecule has 3 aromatic heterocycles. The Morgan fingerprint density at radius 3 is 2.81 bits per heavy atom. The van der Waals surface area contributed by atoms with Crippen molar-refractivity contribution in [3.05, 3.63) is 76.2 Å². The van der Waals surface area contributed by atoms with Gasteiger partial charge in [0, 0.05) is 13.0 Å². The summed E-state index contributed by atoms with van der Waals surface area (Å²) in [5, 5.41) is 4.10. The van der Waals surface area contributed by atoms with Crippen LogP contribution in [0.2, 0.25) is 0 Å². The van der Waals surface area contributed by atoms with Gasteiger partial charge in [-0.3, -0.25) is 9.36 Å². The molecule has 0 bridgehead atoms. The molecule has 3 atom stereocenters. The van der Waals surface area contributed by atoms with Crippen LogP contribution in [0.4, 0.5) is 8.78 Å². The Kier molecular flexibility index (Phi) is 3.74. The van der Waals surface area contributed by atoms with Gasteiger partial charge < -0.3 is 9.09 Å². The maximum absolute atomic E-state index is 13.5. The van der Waals surface area contributed by atoms with Crippen LogP contribution in [0.5, 0.6) is 0 Å². The summed E-state index contributed by atoms with van der Waals surface area (Å²) < 4.78 is 35.1. The van der Waals surface area contributed by atoms with Crippen molar-refractivity contribution in [2.75, 3.05) is 0 Å². The molecule has 1 fully saturated rings. The first-order chi connectivity index (χ1) is 15.0. The number of fused-ring (bicyclic) bond motifs is 2. The number of rotatable bonds is 4. The van der Waals surface area contributed by atoms with E-state index in [0.29, 0.717) is 34.4 Å². The van der Waals surface area contributed by atoms with Crippen molar-refractivity contribution in [1.82, 2.24) is 29.2 Å². The molecular formula is C21H16F2N6O2. The lowest BCUT2D eigenvalue weighted by molar-refractivity contribution is 0.364. The molecule has 2 aliphatic rings. The van der Waals surface area contributed by atoms with Crippen molar-refractivity contribution < 1.29 is 13.3 Å². The average molecular weight is 422 g/mol. The molecule has 0 aliphatic heterocycles. The van der Waals surface area contributed by atoms with E-state index >= 15 is 0 Å². The van der Waals surface area contributed by atoms with Gasteiger partial charge in [-0.1, -0.05) is 17.3 Å². The third-order valence-corrected chi connectivity index (χ3v) is 6.16. The van der Waals surface area contributed by atoms with E-state index in [0.717, 1.165) is 18.1 Å². The van der Waals surface area contributed by atoms with Gasteiger partial charge in [0.25, 0.3) is 5.56 Å². The van der Waals surface area contributed by atoms with Gasteiger partial charge in [0.1, 0.15) is 12.9 Å². The van der Waals surface area contributed by atoms with E-state index in [4.69, 9.17) is 4.52 Å². The molecule has 31 heavy (non-hydrogen) atoms. The number of nitrogens with zero attached hydrogens (tertiary/aromatic N) is 6. The Labute approximate surface area is 173 Å². The summed E-state index contributed by atoms with van der Waals surface area (Å²) in [6.45, 7) is 0.123. The van der Waals surface area contributed by atoms with Gasteiger partial charge in [-0.25, -0.2) is 18.7 Å². The monoisotopic (exact) mass is 422 g/mol. The van der Waals surface area contributed by atoms with Crippen LogP contribution in [-0.4, -0.2) is 29.2 Å². The van der Waals surface area contributed by atoms with Crippen LogP contribution in [0.15, 0.2) is 46.2 Å². The van der Waals surface area contributed by atoms with Gasteiger partial charge in [-0.05, 0) is 41.5 Å². The molecule has 4 aromatic rings. The summed E-state index contributed by atoms with van der Waals surface area (Å²) >= 11 is 0. The molecule has 0 N–H and O–H groups in total. The van der Waals surface area contributed by atoms with E-state index in [1.54, 1.807) is 24.0 Å². The first-order valence-electron chi connectivity index (χ1n) is 9.84. The second-order valence-corrected chi connectivity index (χ2v) is 8.04. The van der Waals surface area contributed by atoms with Crippen molar-refractivity contribution in [3.63, 3.8) is 0 Å². The van der Waals surface area contributed by atoms with Crippen LogP contribution in [0.25, 0.3) is 16.7 Å². The Morgan fingerprint density at radius 1 is 1.19 bits per heavy atom. The van der Waals surface area contributed by atoms with Gasteiger partial charge in [0.05, 0.1) is 6.33 Å². The van der Waals surface area contributed by atoms with E-state index in [1.165, 1.54) is 17.0 Å². The number of aromatic nitrogens is 6. The quantitative estimate of drug-likeness (QED) is 0.502. The topological polar surface area (TPSA) is 91.6 Å². The highest BCUT2D eigenvalue weighted by molar-refractivity contribution is 5.71. The first-order valence-corrected chi connectivity index (χ1v) is 9.84. The maximum atomic E-state index is 13.5. The fourth-order valence-electron chi connectivity index (χ4n) is 4.52. The number of hydrogen-bond acceptors (Lipinski definition) is 6. The predicted molar refractivity (Wildman–Crippen MR) is 105 cm³/mol. The van der Waals surface area contributed by atoms with Crippen molar-refractivity contribution in [1.29, 1.82) is 0 Å².